The number of nitrogens with zero attached hydrogens (tertiary/aromatic N) is 2. The third-order valence-corrected chi connectivity index (χ3v) is 8.90. The van der Waals surface area contributed by atoms with Gasteiger partial charge >= 0.3 is 6.18 Å². The molecule has 0 radical (unpaired) electrons. The number of amides is 2. The summed E-state index contributed by atoms with van der Waals surface area (Å²) < 4.78 is 82.8. The van der Waals surface area contributed by atoms with E-state index in [4.69, 9.17) is 11.6 Å². The van der Waals surface area contributed by atoms with Crippen LogP contribution in [0.4, 0.5) is 23.2 Å². The standard InChI is InChI=1S/C30H32ClF4N3O4S/c1-4-20(3)36-29(40)26(5-2)37(18-21-11-14-23(32)15-12-21)28(39)19-38(43(41,42)24-9-7-6-8-10-24)27-17-22(30(33,34)35)13-16-25(27)31/h6-17,20,26H,4-5,18-19H2,1-3H3,(H,36,40)/t20-,26+/m0/s1. The molecule has 0 aliphatic heterocycles. The van der Waals surface area contributed by atoms with Crippen LogP contribution in [0.1, 0.15) is 44.7 Å². The summed E-state index contributed by atoms with van der Waals surface area (Å²) >= 11 is 6.26. The highest BCUT2D eigenvalue weighted by molar-refractivity contribution is 7.92. The van der Waals surface area contributed by atoms with E-state index in [2.05, 4.69) is 5.32 Å². The first-order valence-electron chi connectivity index (χ1n) is 13.5. The van der Waals surface area contributed by atoms with Crippen LogP contribution in [-0.4, -0.2) is 43.8 Å². The maximum absolute atomic E-state index is 14.0. The molecule has 0 unspecified atom stereocenters. The molecule has 0 saturated carbocycles. The summed E-state index contributed by atoms with van der Waals surface area (Å²) in [6.07, 6.45) is -4.10. The number of carbonyl (C=O) groups is 2. The van der Waals surface area contributed by atoms with Crippen molar-refractivity contribution in [2.75, 3.05) is 10.8 Å². The summed E-state index contributed by atoms with van der Waals surface area (Å²) in [5, 5.41) is 2.47. The molecule has 0 spiro atoms. The molecule has 3 aromatic carbocycles. The van der Waals surface area contributed by atoms with Gasteiger partial charge in [-0.25, -0.2) is 12.8 Å². The first-order chi connectivity index (χ1) is 20.2. The van der Waals surface area contributed by atoms with Gasteiger partial charge in [0.15, 0.2) is 0 Å². The number of nitrogens with one attached hydrogen (secondary N) is 1. The van der Waals surface area contributed by atoms with Gasteiger partial charge in [-0.3, -0.25) is 13.9 Å². The number of hydrogen-bond acceptors (Lipinski definition) is 4. The Balaban J connectivity index is 2.15. The maximum Gasteiger partial charge on any atom is 0.416 e. The van der Waals surface area contributed by atoms with Gasteiger partial charge in [-0.1, -0.05) is 55.8 Å². The predicted molar refractivity (Wildman–Crippen MR) is 156 cm³/mol. The zero-order valence-electron chi connectivity index (χ0n) is 23.7. The summed E-state index contributed by atoms with van der Waals surface area (Å²) in [5.41, 5.74) is -1.29. The lowest BCUT2D eigenvalue weighted by atomic mass is 10.1. The molecule has 7 nitrogen and oxygen atoms in total. The summed E-state index contributed by atoms with van der Waals surface area (Å²) in [4.78, 5) is 28.2. The number of carbonyl (C=O) groups excluding carboxylic acids is 2. The monoisotopic (exact) mass is 641 g/mol. The molecule has 3 rings (SSSR count). The Hall–Kier alpha value is -3.64. The first kappa shape index (κ1) is 33.9. The van der Waals surface area contributed by atoms with Crippen LogP contribution >= 0.6 is 11.6 Å². The molecule has 0 aliphatic rings. The van der Waals surface area contributed by atoms with Crippen molar-refractivity contribution < 1.29 is 35.6 Å². The Morgan fingerprint density at radius 3 is 2.14 bits per heavy atom. The number of anilines is 1. The highest BCUT2D eigenvalue weighted by Gasteiger charge is 2.37. The molecule has 0 fully saturated rings. The molecule has 0 aromatic heterocycles. The van der Waals surface area contributed by atoms with Crippen LogP contribution in [0.3, 0.4) is 0 Å². The second-order valence-electron chi connectivity index (χ2n) is 9.88. The summed E-state index contributed by atoms with van der Waals surface area (Å²) in [5.74, 6) is -1.91. The fraction of sp³-hybridized carbons (Fsp3) is 0.333. The average molecular weight is 642 g/mol. The van der Waals surface area contributed by atoms with Crippen LogP contribution in [0.5, 0.6) is 0 Å². The van der Waals surface area contributed by atoms with Gasteiger partial charge in [-0.15, -0.1) is 0 Å². The van der Waals surface area contributed by atoms with E-state index in [1.54, 1.807) is 19.9 Å². The molecule has 2 atom stereocenters. The fourth-order valence-corrected chi connectivity index (χ4v) is 5.98. The van der Waals surface area contributed by atoms with Crippen molar-refractivity contribution in [3.63, 3.8) is 0 Å². The lowest BCUT2D eigenvalue weighted by Gasteiger charge is -2.34. The van der Waals surface area contributed by atoms with E-state index in [-0.39, 0.29) is 28.9 Å². The van der Waals surface area contributed by atoms with Gasteiger partial charge in [0.05, 0.1) is 21.2 Å². The van der Waals surface area contributed by atoms with Crippen LogP contribution in [0, 0.1) is 5.82 Å². The zero-order chi connectivity index (χ0) is 31.9. The Kier molecular flexibility index (Phi) is 11.2. The van der Waals surface area contributed by atoms with Crippen molar-refractivity contribution in [1.29, 1.82) is 0 Å². The minimum Gasteiger partial charge on any atom is -0.352 e. The molecular weight excluding hydrogens is 610 g/mol. The molecule has 43 heavy (non-hydrogen) atoms. The Labute approximate surface area is 253 Å². The number of alkyl halides is 3. The van der Waals surface area contributed by atoms with E-state index in [1.807, 2.05) is 6.92 Å². The lowest BCUT2D eigenvalue weighted by Crippen LogP contribution is -2.53. The maximum atomic E-state index is 14.0. The molecule has 0 heterocycles. The van der Waals surface area contributed by atoms with Crippen molar-refractivity contribution in [2.24, 2.45) is 0 Å². The van der Waals surface area contributed by atoms with E-state index in [1.165, 1.54) is 48.5 Å². The Bertz CT molecular complexity index is 1520. The molecule has 0 bridgehead atoms. The molecular formula is C30H32ClF4N3O4S. The van der Waals surface area contributed by atoms with Crippen LogP contribution < -0.4 is 9.62 Å². The van der Waals surface area contributed by atoms with E-state index in [0.29, 0.717) is 28.4 Å². The smallest absolute Gasteiger partial charge is 0.352 e. The number of rotatable bonds is 12. The molecule has 0 aliphatic carbocycles. The third-order valence-electron chi connectivity index (χ3n) is 6.81. The van der Waals surface area contributed by atoms with E-state index >= 15 is 0 Å². The van der Waals surface area contributed by atoms with E-state index < -0.39 is 57.7 Å². The summed E-state index contributed by atoms with van der Waals surface area (Å²) in [7, 11) is -4.64. The highest BCUT2D eigenvalue weighted by Crippen LogP contribution is 2.37. The van der Waals surface area contributed by atoms with E-state index in [0.717, 1.165) is 11.0 Å². The molecule has 13 heteroatoms. The normalized spacial score (nSPS) is 13.2. The van der Waals surface area contributed by atoms with Gasteiger partial charge in [0.1, 0.15) is 18.4 Å². The molecule has 1 N–H and O–H groups in total. The number of hydrogen-bond donors (Lipinski definition) is 1. The Morgan fingerprint density at radius 2 is 1.58 bits per heavy atom. The van der Waals surface area contributed by atoms with Gasteiger partial charge in [0.25, 0.3) is 10.0 Å². The first-order valence-corrected chi connectivity index (χ1v) is 15.3. The van der Waals surface area contributed by atoms with Crippen LogP contribution in [0.25, 0.3) is 0 Å². The molecule has 2 amide bonds. The van der Waals surface area contributed by atoms with Crippen LogP contribution in [0.15, 0.2) is 77.7 Å². The van der Waals surface area contributed by atoms with Gasteiger partial charge in [0, 0.05) is 12.6 Å². The van der Waals surface area contributed by atoms with Gasteiger partial charge in [0.2, 0.25) is 11.8 Å². The number of benzene rings is 3. The van der Waals surface area contributed by atoms with Crippen molar-refractivity contribution in [3.05, 3.63) is 94.8 Å². The largest absolute Gasteiger partial charge is 0.416 e. The minimum atomic E-state index is -4.83. The number of sulfonamides is 1. The fourth-order valence-electron chi connectivity index (χ4n) is 4.26. The van der Waals surface area contributed by atoms with E-state index in [9.17, 15) is 35.6 Å². The zero-order valence-corrected chi connectivity index (χ0v) is 25.3. The van der Waals surface area contributed by atoms with Crippen molar-refractivity contribution in [3.8, 4) is 0 Å². The summed E-state index contributed by atoms with van der Waals surface area (Å²) in [6, 6.07) is 12.9. The lowest BCUT2D eigenvalue weighted by molar-refractivity contribution is -0.140. The second kappa shape index (κ2) is 14.2. The van der Waals surface area contributed by atoms with Crippen molar-refractivity contribution in [1.82, 2.24) is 10.2 Å². The van der Waals surface area contributed by atoms with Gasteiger partial charge in [-0.2, -0.15) is 13.2 Å². The minimum absolute atomic E-state index is 0.130. The van der Waals surface area contributed by atoms with Gasteiger partial charge < -0.3 is 10.2 Å². The second-order valence-corrected chi connectivity index (χ2v) is 12.1. The topological polar surface area (TPSA) is 86.8 Å². The molecule has 232 valence electrons. The average Bonchev–Trinajstić information content (AvgIpc) is 2.96. The SMILES string of the molecule is CC[C@H](C(=O)N[C@@H](C)CC)N(Cc1ccc(F)cc1)C(=O)CN(c1cc(C(F)(F)F)ccc1Cl)S(=O)(=O)c1ccccc1. The molecule has 3 aromatic rings. The van der Waals surface area contributed by atoms with Crippen molar-refractivity contribution >= 4 is 39.1 Å². The van der Waals surface area contributed by atoms with Crippen molar-refractivity contribution in [2.45, 2.75) is 63.3 Å². The van der Waals surface area contributed by atoms with Crippen LogP contribution in [-0.2, 0) is 32.3 Å². The summed E-state index contributed by atoms with van der Waals surface area (Å²) in [6.45, 7) is 4.11. The predicted octanol–water partition coefficient (Wildman–Crippen LogP) is 6.42. The molecule has 0 saturated heterocycles. The third kappa shape index (κ3) is 8.47. The Morgan fingerprint density at radius 1 is 0.953 bits per heavy atom. The van der Waals surface area contributed by atoms with Gasteiger partial charge in [-0.05, 0) is 67.8 Å². The van der Waals surface area contributed by atoms with Crippen LogP contribution in [0.2, 0.25) is 5.02 Å². The quantitative estimate of drug-likeness (QED) is 0.232. The number of halogens is 5. The highest BCUT2D eigenvalue weighted by atomic mass is 35.5.